The van der Waals surface area contributed by atoms with Crippen LogP contribution in [0.5, 0.6) is 5.75 Å². The van der Waals surface area contributed by atoms with E-state index >= 15 is 0 Å². The van der Waals surface area contributed by atoms with Crippen LogP contribution in [-0.4, -0.2) is 22.7 Å². The predicted molar refractivity (Wildman–Crippen MR) is 82.3 cm³/mol. The van der Waals surface area contributed by atoms with Crippen molar-refractivity contribution < 1.29 is 17.9 Å². The summed E-state index contributed by atoms with van der Waals surface area (Å²) >= 11 is 0. The molecule has 1 aromatic heterocycles. The normalized spacial score (nSPS) is 20.0. The van der Waals surface area contributed by atoms with E-state index in [1.54, 1.807) is 16.9 Å². The smallest absolute Gasteiger partial charge is 0.387 e. The number of hydrogen-bond donors (Lipinski definition) is 1. The van der Waals surface area contributed by atoms with Gasteiger partial charge in [-0.25, -0.2) is 9.38 Å². The van der Waals surface area contributed by atoms with Crippen LogP contribution in [-0.2, 0) is 12.1 Å². The van der Waals surface area contributed by atoms with Crippen LogP contribution in [0.1, 0.15) is 12.5 Å². The summed E-state index contributed by atoms with van der Waals surface area (Å²) in [5.74, 6) is -1.33. The van der Waals surface area contributed by atoms with Gasteiger partial charge in [0.1, 0.15) is 0 Å². The third-order valence-corrected chi connectivity index (χ3v) is 3.68. The highest BCUT2D eigenvalue weighted by atomic mass is 19.3. The van der Waals surface area contributed by atoms with Crippen LogP contribution in [0, 0.1) is 5.82 Å². The second kappa shape index (κ2) is 6.38. The summed E-state index contributed by atoms with van der Waals surface area (Å²) in [6.07, 6.45) is 6.84. The fourth-order valence-electron chi connectivity index (χ4n) is 2.49. The number of nitrogens with one attached hydrogen (secondary N) is 1. The highest BCUT2D eigenvalue weighted by Gasteiger charge is 2.27. The summed E-state index contributed by atoms with van der Waals surface area (Å²) in [5.41, 5.74) is 0.572. The van der Waals surface area contributed by atoms with Crippen LogP contribution < -0.4 is 10.1 Å². The third kappa shape index (κ3) is 3.42. The minimum Gasteiger partial charge on any atom is -0.432 e. The number of benzene rings is 1. The number of nitrogens with zero attached hydrogens (tertiary/aromatic N) is 3. The fourth-order valence-corrected chi connectivity index (χ4v) is 2.49. The number of rotatable bonds is 5. The molecule has 2 aromatic rings. The number of aromatic nitrogens is 2. The van der Waals surface area contributed by atoms with E-state index < -0.39 is 23.7 Å². The Balaban J connectivity index is 1.89. The van der Waals surface area contributed by atoms with Gasteiger partial charge < -0.3 is 10.1 Å². The van der Waals surface area contributed by atoms with Gasteiger partial charge in [-0.05, 0) is 36.8 Å². The Morgan fingerprint density at radius 3 is 2.92 bits per heavy atom. The summed E-state index contributed by atoms with van der Waals surface area (Å²) in [7, 11) is 0. The van der Waals surface area contributed by atoms with Crippen molar-refractivity contribution in [1.29, 1.82) is 0 Å². The molecule has 0 spiro atoms. The lowest BCUT2D eigenvalue weighted by Gasteiger charge is -2.30. The lowest BCUT2D eigenvalue weighted by Crippen LogP contribution is -2.39. The Hall–Kier alpha value is -2.77. The van der Waals surface area contributed by atoms with Gasteiger partial charge in [0.2, 0.25) is 0 Å². The minimum absolute atomic E-state index is 0.461. The first-order chi connectivity index (χ1) is 11.5. The topological polar surface area (TPSA) is 51.4 Å². The molecule has 0 fully saturated rings. The zero-order valence-electron chi connectivity index (χ0n) is 12.8. The maximum atomic E-state index is 13.6. The monoisotopic (exact) mass is 336 g/mol. The number of aliphatic imine (C=N–C) groups is 1. The molecule has 1 N–H and O–H groups in total. The van der Waals surface area contributed by atoms with Crippen molar-refractivity contribution in [2.75, 3.05) is 0 Å². The van der Waals surface area contributed by atoms with Crippen LogP contribution >= 0.6 is 0 Å². The second-order valence-electron chi connectivity index (χ2n) is 5.47. The van der Waals surface area contributed by atoms with Gasteiger partial charge in [0.25, 0.3) is 0 Å². The van der Waals surface area contributed by atoms with Gasteiger partial charge in [-0.3, -0.25) is 4.68 Å². The van der Waals surface area contributed by atoms with Gasteiger partial charge in [0.15, 0.2) is 11.6 Å². The molecule has 1 aliphatic heterocycles. The Morgan fingerprint density at radius 1 is 1.38 bits per heavy atom. The predicted octanol–water partition coefficient (Wildman–Crippen LogP) is 3.05. The molecule has 1 atom stereocenters. The standard InChI is InChI=1S/C16H15F3N4O/c1-16(11-3-4-13(17)14(7-11)24-15(18)19)8-12(20-10-21-16)9-23-6-2-5-22-23/h2-8,10,15H,9H2,1H3,(H,20,21). The summed E-state index contributed by atoms with van der Waals surface area (Å²) in [5, 5.41) is 7.18. The van der Waals surface area contributed by atoms with Crippen LogP contribution in [0.15, 0.2) is 53.4 Å². The maximum Gasteiger partial charge on any atom is 0.387 e. The summed E-state index contributed by atoms with van der Waals surface area (Å²) in [6, 6.07) is 5.68. The molecule has 3 rings (SSSR count). The summed E-state index contributed by atoms with van der Waals surface area (Å²) in [4.78, 5) is 4.25. The number of ether oxygens (including phenoxy) is 1. The maximum absolute atomic E-state index is 13.6. The molecule has 126 valence electrons. The molecule has 0 bridgehead atoms. The number of alkyl halides is 2. The van der Waals surface area contributed by atoms with E-state index in [1.165, 1.54) is 18.5 Å². The Labute approximate surface area is 136 Å². The first-order valence-corrected chi connectivity index (χ1v) is 7.20. The van der Waals surface area contributed by atoms with E-state index in [-0.39, 0.29) is 0 Å². The van der Waals surface area contributed by atoms with E-state index in [0.29, 0.717) is 12.1 Å². The first-order valence-electron chi connectivity index (χ1n) is 7.20. The third-order valence-electron chi connectivity index (χ3n) is 3.68. The quantitative estimate of drug-likeness (QED) is 0.913. The van der Waals surface area contributed by atoms with E-state index in [1.807, 2.05) is 19.2 Å². The lowest BCUT2D eigenvalue weighted by atomic mass is 9.90. The summed E-state index contributed by atoms with van der Waals surface area (Å²) in [6.45, 7) is -0.794. The Morgan fingerprint density at radius 2 is 2.21 bits per heavy atom. The van der Waals surface area contributed by atoms with Gasteiger partial charge in [-0.1, -0.05) is 6.07 Å². The highest BCUT2D eigenvalue weighted by Crippen LogP contribution is 2.31. The molecule has 24 heavy (non-hydrogen) atoms. The van der Waals surface area contributed by atoms with Crippen LogP contribution in [0.25, 0.3) is 0 Å². The molecule has 2 heterocycles. The molecular weight excluding hydrogens is 321 g/mol. The fraction of sp³-hybridized carbons (Fsp3) is 0.250. The lowest BCUT2D eigenvalue weighted by molar-refractivity contribution is -0.0522. The molecule has 1 aliphatic rings. The van der Waals surface area contributed by atoms with E-state index in [0.717, 1.165) is 11.8 Å². The van der Waals surface area contributed by atoms with Gasteiger partial charge in [0.05, 0.1) is 24.1 Å². The Kier molecular flexibility index (Phi) is 4.28. The largest absolute Gasteiger partial charge is 0.432 e. The van der Waals surface area contributed by atoms with Crippen molar-refractivity contribution in [3.8, 4) is 5.75 Å². The molecule has 0 saturated carbocycles. The Bertz CT molecular complexity index is 774. The number of halogens is 3. The zero-order valence-corrected chi connectivity index (χ0v) is 12.8. The molecular formula is C16H15F3N4O. The molecule has 0 saturated heterocycles. The molecule has 1 aromatic carbocycles. The van der Waals surface area contributed by atoms with Crippen LogP contribution in [0.3, 0.4) is 0 Å². The molecule has 0 amide bonds. The molecule has 0 aliphatic carbocycles. The van der Waals surface area contributed by atoms with E-state index in [2.05, 4.69) is 20.1 Å². The van der Waals surface area contributed by atoms with Gasteiger partial charge >= 0.3 is 6.61 Å². The van der Waals surface area contributed by atoms with Crippen molar-refractivity contribution in [3.63, 3.8) is 0 Å². The van der Waals surface area contributed by atoms with E-state index in [4.69, 9.17) is 0 Å². The van der Waals surface area contributed by atoms with Crippen molar-refractivity contribution in [2.24, 2.45) is 4.99 Å². The van der Waals surface area contributed by atoms with E-state index in [9.17, 15) is 13.2 Å². The van der Waals surface area contributed by atoms with Crippen molar-refractivity contribution in [1.82, 2.24) is 15.1 Å². The molecule has 1 unspecified atom stereocenters. The van der Waals surface area contributed by atoms with Gasteiger partial charge in [-0.15, -0.1) is 0 Å². The summed E-state index contributed by atoms with van der Waals surface area (Å²) < 4.78 is 44.4. The second-order valence-corrected chi connectivity index (χ2v) is 5.47. The van der Waals surface area contributed by atoms with Crippen molar-refractivity contribution >= 4 is 6.34 Å². The highest BCUT2D eigenvalue weighted by molar-refractivity contribution is 5.62. The molecule has 0 radical (unpaired) electrons. The van der Waals surface area contributed by atoms with Crippen molar-refractivity contribution in [3.05, 3.63) is 59.8 Å². The molecule has 5 nitrogen and oxygen atoms in total. The van der Waals surface area contributed by atoms with Crippen molar-refractivity contribution in [2.45, 2.75) is 25.6 Å². The average molecular weight is 336 g/mol. The van der Waals surface area contributed by atoms with Gasteiger partial charge in [-0.2, -0.15) is 13.9 Å². The first kappa shape index (κ1) is 16.1. The van der Waals surface area contributed by atoms with Crippen LogP contribution in [0.4, 0.5) is 13.2 Å². The number of allylic oxidation sites excluding steroid dienone is 1. The molecule has 8 heteroatoms. The van der Waals surface area contributed by atoms with Crippen LogP contribution in [0.2, 0.25) is 0 Å². The average Bonchev–Trinajstić information content (AvgIpc) is 3.02. The SMILES string of the molecule is CC1(c2ccc(F)c(OC(F)F)c2)C=C(Cn2cccn2)N=CN1. The number of hydrogen-bond acceptors (Lipinski definition) is 4. The van der Waals surface area contributed by atoms with Gasteiger partial charge in [0, 0.05) is 12.4 Å². The minimum atomic E-state index is -3.09. The zero-order chi connectivity index (χ0) is 17.2.